The molecule has 140 valence electrons. The predicted molar refractivity (Wildman–Crippen MR) is 95.4 cm³/mol. The number of aliphatic hydroxyl groups is 2. The van der Waals surface area contributed by atoms with Crippen LogP contribution in [0.3, 0.4) is 0 Å². The predicted octanol–water partition coefficient (Wildman–Crippen LogP) is -2.19. The second kappa shape index (κ2) is 10.1. The molecular formula is C11H15N4Na2O8PS. The molecule has 5 N–H and O–H groups in total. The molecule has 2 radical (unpaired) electrons. The number of phosphoric ester groups is 1. The monoisotopic (exact) mass is 440 g/mol. The van der Waals surface area contributed by atoms with Crippen molar-refractivity contribution in [3.05, 3.63) is 16.7 Å². The number of aromatic nitrogens is 4. The zero-order valence-electron chi connectivity index (χ0n) is 14.7. The molecule has 16 heteroatoms. The van der Waals surface area contributed by atoms with Crippen LogP contribution in [0.4, 0.5) is 0 Å². The van der Waals surface area contributed by atoms with Crippen molar-refractivity contribution < 1.29 is 33.8 Å². The van der Waals surface area contributed by atoms with Gasteiger partial charge in [0.1, 0.15) is 18.3 Å². The molecule has 12 nitrogen and oxygen atoms in total. The average molecular weight is 440 g/mol. The maximum atomic E-state index is 12.0. The Kier molecular flexibility index (Phi) is 9.66. The van der Waals surface area contributed by atoms with E-state index in [9.17, 15) is 19.6 Å². The molecule has 0 unspecified atom stereocenters. The summed E-state index contributed by atoms with van der Waals surface area (Å²) in [6.45, 7) is -0.629. The van der Waals surface area contributed by atoms with Crippen LogP contribution in [0.15, 0.2) is 16.3 Å². The molecule has 0 amide bonds. The molecule has 0 spiro atoms. The van der Waals surface area contributed by atoms with Gasteiger partial charge < -0.3 is 24.7 Å². The first kappa shape index (κ1) is 25.7. The van der Waals surface area contributed by atoms with Crippen molar-refractivity contribution in [2.24, 2.45) is 0 Å². The molecular weight excluding hydrogens is 425 g/mol. The summed E-state index contributed by atoms with van der Waals surface area (Å²) >= 11 is 1.20. The second-order valence-electron chi connectivity index (χ2n) is 5.23. The minimum absolute atomic E-state index is 0. The summed E-state index contributed by atoms with van der Waals surface area (Å²) in [5.74, 6) is 0. The minimum atomic E-state index is -4.75. The summed E-state index contributed by atoms with van der Waals surface area (Å²) in [7, 11) is -4.75. The van der Waals surface area contributed by atoms with Crippen LogP contribution >= 0.6 is 19.6 Å². The fourth-order valence-corrected chi connectivity index (χ4v) is 3.17. The number of aliphatic hydroxyl groups excluding tert-OH is 2. The first-order valence-electron chi connectivity index (χ1n) is 6.94. The van der Waals surface area contributed by atoms with E-state index >= 15 is 0 Å². The van der Waals surface area contributed by atoms with Gasteiger partial charge in [-0.2, -0.15) is 0 Å². The van der Waals surface area contributed by atoms with E-state index in [1.807, 2.05) is 0 Å². The number of ether oxygens (including phenoxy) is 1. The molecule has 2 aromatic heterocycles. The van der Waals surface area contributed by atoms with Gasteiger partial charge in [0.15, 0.2) is 22.5 Å². The Bertz CT molecular complexity index is 891. The summed E-state index contributed by atoms with van der Waals surface area (Å²) in [5, 5.41) is 20.5. The van der Waals surface area contributed by atoms with Gasteiger partial charge in [0, 0.05) is 59.1 Å². The number of hydrogen-bond donors (Lipinski definition) is 5. The summed E-state index contributed by atoms with van der Waals surface area (Å²) in [5.41, 5.74) is -0.304. The number of fused-ring (bicyclic) bond motifs is 1. The van der Waals surface area contributed by atoms with E-state index in [-0.39, 0.29) is 70.3 Å². The number of nitrogens with zero attached hydrogens (tertiary/aromatic N) is 3. The first-order chi connectivity index (χ1) is 11.7. The normalized spacial score (nSPS) is 25.2. The smallest absolute Gasteiger partial charge is 0.387 e. The van der Waals surface area contributed by atoms with Gasteiger partial charge in [-0.3, -0.25) is 18.9 Å². The molecule has 27 heavy (non-hydrogen) atoms. The van der Waals surface area contributed by atoms with Crippen LogP contribution in [-0.2, 0) is 13.8 Å². The van der Waals surface area contributed by atoms with E-state index in [1.165, 1.54) is 22.7 Å². The molecule has 1 saturated heterocycles. The van der Waals surface area contributed by atoms with Gasteiger partial charge in [0.25, 0.3) is 5.56 Å². The largest absolute Gasteiger partial charge is 0.469 e. The Morgan fingerprint density at radius 1 is 1.37 bits per heavy atom. The number of thioether (sulfide) groups is 1. The van der Waals surface area contributed by atoms with E-state index in [0.29, 0.717) is 5.16 Å². The number of phosphoric acid groups is 1. The molecule has 0 saturated carbocycles. The molecule has 3 heterocycles. The van der Waals surface area contributed by atoms with Crippen LogP contribution < -0.4 is 5.56 Å². The Balaban J connectivity index is 0.00000182. The van der Waals surface area contributed by atoms with Gasteiger partial charge in [-0.25, -0.2) is 14.5 Å². The SMILES string of the molecule is CSc1nc2c(ncn2[C@@H]2O[C@H](COP(=O)(O)O)[C@@H](O)[C@H]2O)c(=O)[nH]1.[Na].[Na]. The fourth-order valence-electron chi connectivity index (χ4n) is 2.46. The van der Waals surface area contributed by atoms with Crippen molar-refractivity contribution in [2.45, 2.75) is 29.7 Å². The zero-order valence-corrected chi connectivity index (χ0v) is 20.4. The van der Waals surface area contributed by atoms with Gasteiger partial charge in [0.2, 0.25) is 0 Å². The van der Waals surface area contributed by atoms with Gasteiger partial charge in [-0.15, -0.1) is 0 Å². The molecule has 0 bridgehead atoms. The van der Waals surface area contributed by atoms with E-state index in [2.05, 4.69) is 19.5 Å². The van der Waals surface area contributed by atoms with Gasteiger partial charge in [0.05, 0.1) is 12.9 Å². The summed E-state index contributed by atoms with van der Waals surface area (Å²) in [4.78, 5) is 40.1. The van der Waals surface area contributed by atoms with Gasteiger partial charge in [-0.1, -0.05) is 11.8 Å². The number of imidazole rings is 1. The minimum Gasteiger partial charge on any atom is -0.387 e. The first-order valence-corrected chi connectivity index (χ1v) is 9.69. The van der Waals surface area contributed by atoms with Crippen LogP contribution in [0.25, 0.3) is 11.2 Å². The third kappa shape index (κ3) is 5.64. The van der Waals surface area contributed by atoms with Crippen molar-refractivity contribution in [2.75, 3.05) is 12.9 Å². The molecule has 1 fully saturated rings. The average Bonchev–Trinajstić information content (AvgIpc) is 3.08. The maximum Gasteiger partial charge on any atom is 0.469 e. The van der Waals surface area contributed by atoms with Crippen molar-refractivity contribution in [3.63, 3.8) is 0 Å². The Morgan fingerprint density at radius 3 is 2.63 bits per heavy atom. The number of H-pyrrole nitrogens is 1. The Morgan fingerprint density at radius 2 is 2.04 bits per heavy atom. The van der Waals surface area contributed by atoms with E-state index in [0.717, 1.165) is 0 Å². The molecule has 4 atom stereocenters. The Labute approximate surface area is 200 Å². The molecule has 0 aliphatic carbocycles. The van der Waals surface area contributed by atoms with Crippen molar-refractivity contribution in [1.29, 1.82) is 0 Å². The third-order valence-corrected chi connectivity index (χ3v) is 4.69. The third-order valence-electron chi connectivity index (χ3n) is 3.62. The van der Waals surface area contributed by atoms with Crippen LogP contribution in [0.2, 0.25) is 0 Å². The van der Waals surface area contributed by atoms with Gasteiger partial charge in [-0.05, 0) is 6.26 Å². The van der Waals surface area contributed by atoms with Crippen molar-refractivity contribution in [1.82, 2.24) is 19.5 Å². The summed E-state index contributed by atoms with van der Waals surface area (Å²) < 4.78 is 21.8. The van der Waals surface area contributed by atoms with Crippen molar-refractivity contribution >= 4 is 89.9 Å². The summed E-state index contributed by atoms with van der Waals surface area (Å²) in [6.07, 6.45) is -2.31. The number of aromatic amines is 1. The quantitative estimate of drug-likeness (QED) is 0.147. The number of rotatable bonds is 5. The van der Waals surface area contributed by atoms with Crippen LogP contribution in [0.5, 0.6) is 0 Å². The van der Waals surface area contributed by atoms with E-state index < -0.39 is 44.5 Å². The maximum absolute atomic E-state index is 12.0. The van der Waals surface area contributed by atoms with Crippen LogP contribution in [0.1, 0.15) is 6.23 Å². The topological polar surface area (TPSA) is 180 Å². The van der Waals surface area contributed by atoms with E-state index in [1.54, 1.807) is 6.26 Å². The Hall–Kier alpha value is 0.690. The number of nitrogens with one attached hydrogen (secondary N) is 1. The standard InChI is InChI=1S/C11H15N4O8PS.2Na/c1-25-11-13-8-5(9(18)14-11)12-3-15(8)10-7(17)6(16)4(23-10)2-22-24(19,20)21;;/h3-4,6-7,10,16-17H,2H2,1H3,(H,13,14,18)(H2,19,20,21);;/t4-,6-,7-,10-;;/m1../s1. The molecule has 3 rings (SSSR count). The van der Waals surface area contributed by atoms with Crippen LogP contribution in [-0.4, -0.2) is 130 Å². The molecule has 1 aliphatic heterocycles. The van der Waals surface area contributed by atoms with Crippen LogP contribution in [0, 0.1) is 0 Å². The molecule has 2 aromatic rings. The fraction of sp³-hybridized carbons (Fsp3) is 0.545. The summed E-state index contributed by atoms with van der Waals surface area (Å²) in [6, 6.07) is 0. The number of hydrogen-bond acceptors (Lipinski definition) is 9. The zero-order chi connectivity index (χ0) is 18.4. The van der Waals surface area contributed by atoms with Crippen molar-refractivity contribution in [3.8, 4) is 0 Å². The molecule has 0 aromatic carbocycles. The van der Waals surface area contributed by atoms with Gasteiger partial charge >= 0.3 is 7.82 Å². The molecule has 1 aliphatic rings. The van der Waals surface area contributed by atoms with E-state index in [4.69, 9.17) is 14.5 Å². The second-order valence-corrected chi connectivity index (χ2v) is 7.27.